The Labute approximate surface area is 169 Å². The lowest BCUT2D eigenvalue weighted by Gasteiger charge is -2.20. The van der Waals surface area contributed by atoms with E-state index in [1.807, 2.05) is 12.1 Å². The Morgan fingerprint density at radius 1 is 1.37 bits per heavy atom. The molecule has 1 aliphatic heterocycles. The zero-order valence-electron chi connectivity index (χ0n) is 14.1. The van der Waals surface area contributed by atoms with Crippen molar-refractivity contribution in [2.45, 2.75) is 24.5 Å². The molecule has 0 radical (unpaired) electrons. The van der Waals surface area contributed by atoms with Gasteiger partial charge in [-0.1, -0.05) is 29.8 Å². The SMILES string of the molecule is Fc1cc(OCc2cccc3c2COCC3)c(Cl)cc1SNc1ncns1. The molecule has 5 nitrogen and oxygen atoms in total. The highest BCUT2D eigenvalue weighted by Crippen LogP contribution is 2.34. The maximum Gasteiger partial charge on any atom is 0.212 e. The Balaban J connectivity index is 1.46. The second-order valence-corrected chi connectivity index (χ2v) is 7.85. The highest BCUT2D eigenvalue weighted by atomic mass is 35.5. The Kier molecular flexibility index (Phi) is 5.77. The van der Waals surface area contributed by atoms with Crippen LogP contribution in [0.1, 0.15) is 16.7 Å². The molecule has 4 rings (SSSR count). The molecule has 2 heterocycles. The molecule has 1 aliphatic rings. The lowest BCUT2D eigenvalue weighted by molar-refractivity contribution is 0.109. The molecule has 0 saturated carbocycles. The predicted octanol–water partition coefficient (Wildman–Crippen LogP) is 5.10. The summed E-state index contributed by atoms with van der Waals surface area (Å²) in [7, 11) is 0. The van der Waals surface area contributed by atoms with Crippen LogP contribution in [0, 0.1) is 5.82 Å². The average Bonchev–Trinajstić information content (AvgIpc) is 3.21. The third-order valence-electron chi connectivity index (χ3n) is 4.11. The Hall–Kier alpha value is -1.87. The molecule has 0 spiro atoms. The van der Waals surface area contributed by atoms with E-state index in [2.05, 4.69) is 20.1 Å². The van der Waals surface area contributed by atoms with Gasteiger partial charge in [0.25, 0.3) is 0 Å². The van der Waals surface area contributed by atoms with Crippen molar-refractivity contribution in [2.75, 3.05) is 11.3 Å². The molecular formula is C18H15ClFN3O2S2. The molecule has 0 saturated heterocycles. The minimum absolute atomic E-state index is 0.307. The number of fused-ring (bicyclic) bond motifs is 1. The van der Waals surface area contributed by atoms with Crippen LogP contribution in [0.25, 0.3) is 0 Å². The molecule has 0 fully saturated rings. The largest absolute Gasteiger partial charge is 0.487 e. The van der Waals surface area contributed by atoms with Gasteiger partial charge in [0.2, 0.25) is 5.13 Å². The molecule has 1 N–H and O–H groups in total. The number of hydrogen-bond acceptors (Lipinski definition) is 7. The minimum Gasteiger partial charge on any atom is -0.487 e. The maximum absolute atomic E-state index is 14.4. The van der Waals surface area contributed by atoms with Gasteiger partial charge >= 0.3 is 0 Å². The van der Waals surface area contributed by atoms with Crippen LogP contribution < -0.4 is 9.46 Å². The predicted molar refractivity (Wildman–Crippen MR) is 105 cm³/mol. The molecule has 27 heavy (non-hydrogen) atoms. The van der Waals surface area contributed by atoms with E-state index in [1.54, 1.807) is 0 Å². The normalized spacial score (nSPS) is 13.3. The summed E-state index contributed by atoms with van der Waals surface area (Å²) in [6, 6.07) is 8.94. The Morgan fingerprint density at radius 2 is 2.30 bits per heavy atom. The van der Waals surface area contributed by atoms with E-state index >= 15 is 0 Å². The maximum atomic E-state index is 14.4. The number of nitrogens with one attached hydrogen (secondary N) is 1. The van der Waals surface area contributed by atoms with Gasteiger partial charge in [-0.25, -0.2) is 9.37 Å². The highest BCUT2D eigenvalue weighted by Gasteiger charge is 2.15. The molecule has 1 aromatic heterocycles. The number of ether oxygens (including phenoxy) is 2. The summed E-state index contributed by atoms with van der Waals surface area (Å²) in [5.74, 6) is -0.112. The second kappa shape index (κ2) is 8.43. The van der Waals surface area contributed by atoms with Crippen LogP contribution >= 0.6 is 35.1 Å². The van der Waals surface area contributed by atoms with E-state index < -0.39 is 5.82 Å². The summed E-state index contributed by atoms with van der Waals surface area (Å²) in [4.78, 5) is 4.34. The number of nitrogens with zero attached hydrogens (tertiary/aromatic N) is 2. The van der Waals surface area contributed by atoms with Crippen LogP contribution in [-0.4, -0.2) is 16.0 Å². The van der Waals surface area contributed by atoms with E-state index in [0.717, 1.165) is 36.1 Å². The fourth-order valence-electron chi connectivity index (χ4n) is 2.77. The van der Waals surface area contributed by atoms with E-state index in [9.17, 15) is 4.39 Å². The third kappa shape index (κ3) is 4.35. The van der Waals surface area contributed by atoms with Crippen LogP contribution in [0.2, 0.25) is 5.02 Å². The van der Waals surface area contributed by atoms with Gasteiger partial charge in [-0.3, -0.25) is 0 Å². The van der Waals surface area contributed by atoms with Crippen molar-refractivity contribution in [3.63, 3.8) is 0 Å². The van der Waals surface area contributed by atoms with Gasteiger partial charge < -0.3 is 14.2 Å². The lowest BCUT2D eigenvalue weighted by atomic mass is 9.98. The van der Waals surface area contributed by atoms with E-state index in [-0.39, 0.29) is 0 Å². The van der Waals surface area contributed by atoms with Crippen LogP contribution in [-0.2, 0) is 24.4 Å². The van der Waals surface area contributed by atoms with Crippen LogP contribution in [0.15, 0.2) is 41.6 Å². The molecule has 9 heteroatoms. The van der Waals surface area contributed by atoms with Crippen molar-refractivity contribution in [3.05, 3.63) is 64.2 Å². The van der Waals surface area contributed by atoms with Crippen LogP contribution in [0.4, 0.5) is 9.52 Å². The number of hydrogen-bond donors (Lipinski definition) is 1. The van der Waals surface area contributed by atoms with Gasteiger partial charge in [0.15, 0.2) is 0 Å². The first kappa shape index (κ1) is 18.5. The van der Waals surface area contributed by atoms with Crippen molar-refractivity contribution in [1.82, 2.24) is 9.36 Å². The first-order valence-electron chi connectivity index (χ1n) is 8.19. The van der Waals surface area contributed by atoms with Crippen molar-refractivity contribution in [3.8, 4) is 5.75 Å². The standard InChI is InChI=1S/C18H15ClFN3O2S2/c19-14-6-17(26-23-18-21-10-22-27-18)15(20)7-16(14)25-8-12-3-1-2-11-4-5-24-9-13(11)12/h1-3,6-7,10H,4-5,8-9H2,(H,21,22,23). The smallest absolute Gasteiger partial charge is 0.212 e. The van der Waals surface area contributed by atoms with Gasteiger partial charge in [-0.15, -0.1) is 0 Å². The molecule has 3 aromatic rings. The van der Waals surface area contributed by atoms with Crippen molar-refractivity contribution in [2.24, 2.45) is 0 Å². The zero-order valence-corrected chi connectivity index (χ0v) is 16.5. The molecule has 2 aromatic carbocycles. The number of halogens is 2. The van der Waals surface area contributed by atoms with Gasteiger partial charge in [0.05, 0.1) is 23.1 Å². The summed E-state index contributed by atoms with van der Waals surface area (Å²) in [6.07, 6.45) is 2.33. The molecule has 0 atom stereocenters. The second-order valence-electron chi connectivity index (χ2n) is 5.81. The van der Waals surface area contributed by atoms with Crippen LogP contribution in [0.3, 0.4) is 0 Å². The summed E-state index contributed by atoms with van der Waals surface area (Å²) < 4.78 is 32.6. The Morgan fingerprint density at radius 3 is 3.15 bits per heavy atom. The van der Waals surface area contributed by atoms with E-state index in [4.69, 9.17) is 21.1 Å². The van der Waals surface area contributed by atoms with Crippen molar-refractivity contribution in [1.29, 1.82) is 0 Å². The fourth-order valence-corrected chi connectivity index (χ4v) is 4.20. The van der Waals surface area contributed by atoms with E-state index in [1.165, 1.54) is 35.6 Å². The minimum atomic E-state index is -0.421. The van der Waals surface area contributed by atoms with Crippen molar-refractivity contribution >= 4 is 40.2 Å². The summed E-state index contributed by atoms with van der Waals surface area (Å²) in [6.45, 7) is 1.61. The number of benzene rings is 2. The first-order valence-corrected chi connectivity index (χ1v) is 10.2. The topological polar surface area (TPSA) is 56.3 Å². The Bertz CT molecular complexity index is 941. The molecule has 140 valence electrons. The van der Waals surface area contributed by atoms with Crippen LogP contribution in [0.5, 0.6) is 5.75 Å². The molecule has 0 bridgehead atoms. The molecule has 0 aliphatic carbocycles. The highest BCUT2D eigenvalue weighted by molar-refractivity contribution is 8.00. The number of rotatable bonds is 6. The first-order chi connectivity index (χ1) is 13.2. The summed E-state index contributed by atoms with van der Waals surface area (Å²) >= 11 is 8.56. The van der Waals surface area contributed by atoms with Gasteiger partial charge in [0, 0.05) is 17.6 Å². The number of aromatic nitrogens is 2. The average molecular weight is 424 g/mol. The summed E-state index contributed by atoms with van der Waals surface area (Å²) in [5.41, 5.74) is 3.45. The lowest BCUT2D eigenvalue weighted by Crippen LogP contribution is -2.13. The summed E-state index contributed by atoms with van der Waals surface area (Å²) in [5, 5.41) is 0.936. The van der Waals surface area contributed by atoms with E-state index in [0.29, 0.717) is 34.0 Å². The molecule has 0 unspecified atom stereocenters. The van der Waals surface area contributed by atoms with Gasteiger partial charge in [0.1, 0.15) is 24.5 Å². The number of anilines is 1. The quantitative estimate of drug-likeness (QED) is 0.556. The molecule has 0 amide bonds. The third-order valence-corrected chi connectivity index (χ3v) is 5.94. The fraction of sp³-hybridized carbons (Fsp3) is 0.222. The van der Waals surface area contributed by atoms with Gasteiger partial charge in [-0.05, 0) is 41.1 Å². The monoisotopic (exact) mass is 423 g/mol. The van der Waals surface area contributed by atoms with Gasteiger partial charge in [-0.2, -0.15) is 4.37 Å². The van der Waals surface area contributed by atoms with Crippen molar-refractivity contribution < 1.29 is 13.9 Å². The zero-order chi connectivity index (χ0) is 18.6. The molecular weight excluding hydrogens is 409 g/mol.